The fraction of sp³-hybridized carbons (Fsp3) is 0.600. The quantitative estimate of drug-likeness (QED) is 0.787. The number of nitrogens with one attached hydrogen (secondary N) is 3. The molecule has 1 saturated heterocycles. The van der Waals surface area contributed by atoms with Crippen molar-refractivity contribution in [2.75, 3.05) is 11.9 Å². The summed E-state index contributed by atoms with van der Waals surface area (Å²) in [5.74, 6) is -0.0815. The first kappa shape index (κ1) is 17.8. The second-order valence-electron chi connectivity index (χ2n) is 7.45. The number of benzene rings is 1. The standard InChI is InChI=1S/C20H29N3O2/c1-15-8-10-16(11-9-15)23-20(12-4-2-5-13-20)19(25)22-17-7-3-6-14-21-18(17)24/h8-11,17,23H,2-7,12-14H2,1H3,(H,21,24)(H,22,25). The van der Waals surface area contributed by atoms with Gasteiger partial charge in [-0.1, -0.05) is 37.0 Å². The SMILES string of the molecule is Cc1ccc(NC2(C(=O)NC3CCCCNC3=O)CCCCC2)cc1. The van der Waals surface area contributed by atoms with E-state index in [-0.39, 0.29) is 11.8 Å². The van der Waals surface area contributed by atoms with Crippen molar-refractivity contribution in [3.8, 4) is 0 Å². The highest BCUT2D eigenvalue weighted by Gasteiger charge is 2.41. The van der Waals surface area contributed by atoms with Gasteiger partial charge in [-0.2, -0.15) is 0 Å². The van der Waals surface area contributed by atoms with Crippen LogP contribution in [0.4, 0.5) is 5.69 Å². The average molecular weight is 343 g/mol. The van der Waals surface area contributed by atoms with E-state index >= 15 is 0 Å². The lowest BCUT2D eigenvalue weighted by Crippen LogP contribution is -2.58. The van der Waals surface area contributed by atoms with Crippen LogP contribution in [0.3, 0.4) is 0 Å². The van der Waals surface area contributed by atoms with Crippen molar-refractivity contribution in [2.24, 2.45) is 0 Å². The Hall–Kier alpha value is -2.04. The molecule has 1 atom stereocenters. The van der Waals surface area contributed by atoms with Crippen LogP contribution in [-0.4, -0.2) is 29.9 Å². The first-order valence-electron chi connectivity index (χ1n) is 9.53. The summed E-state index contributed by atoms with van der Waals surface area (Å²) in [4.78, 5) is 25.4. The zero-order valence-corrected chi connectivity index (χ0v) is 15.1. The number of rotatable bonds is 4. The molecule has 1 unspecified atom stereocenters. The molecular weight excluding hydrogens is 314 g/mol. The van der Waals surface area contributed by atoms with E-state index in [9.17, 15) is 9.59 Å². The lowest BCUT2D eigenvalue weighted by molar-refractivity contribution is -0.132. The number of aryl methyl sites for hydroxylation is 1. The smallest absolute Gasteiger partial charge is 0.246 e. The van der Waals surface area contributed by atoms with Crippen LogP contribution >= 0.6 is 0 Å². The first-order valence-corrected chi connectivity index (χ1v) is 9.53. The Kier molecular flexibility index (Phi) is 5.61. The van der Waals surface area contributed by atoms with Crippen molar-refractivity contribution in [1.29, 1.82) is 0 Å². The first-order chi connectivity index (χ1) is 12.1. The van der Waals surface area contributed by atoms with Crippen molar-refractivity contribution in [1.82, 2.24) is 10.6 Å². The highest BCUT2D eigenvalue weighted by Crippen LogP contribution is 2.32. The summed E-state index contributed by atoms with van der Waals surface area (Å²) in [6.45, 7) is 2.76. The van der Waals surface area contributed by atoms with Crippen LogP contribution < -0.4 is 16.0 Å². The summed E-state index contributed by atoms with van der Waals surface area (Å²) in [6, 6.07) is 7.74. The summed E-state index contributed by atoms with van der Waals surface area (Å²) in [5.41, 5.74) is 1.55. The van der Waals surface area contributed by atoms with Crippen LogP contribution in [0.1, 0.15) is 56.9 Å². The Morgan fingerprint density at radius 1 is 1.08 bits per heavy atom. The Bertz CT molecular complexity index is 606. The summed E-state index contributed by atoms with van der Waals surface area (Å²) >= 11 is 0. The van der Waals surface area contributed by atoms with Gasteiger partial charge in [0.1, 0.15) is 11.6 Å². The molecule has 5 heteroatoms. The molecule has 3 rings (SSSR count). The van der Waals surface area contributed by atoms with Gasteiger partial charge in [-0.3, -0.25) is 9.59 Å². The molecule has 1 heterocycles. The number of carbonyl (C=O) groups excluding carboxylic acids is 2. The fourth-order valence-corrected chi connectivity index (χ4v) is 3.85. The molecule has 1 aliphatic heterocycles. The number of hydrogen-bond donors (Lipinski definition) is 3. The highest BCUT2D eigenvalue weighted by molar-refractivity contribution is 5.94. The van der Waals surface area contributed by atoms with Crippen molar-refractivity contribution in [3.63, 3.8) is 0 Å². The van der Waals surface area contributed by atoms with Gasteiger partial charge in [-0.05, 0) is 51.2 Å². The van der Waals surface area contributed by atoms with Crippen molar-refractivity contribution in [2.45, 2.75) is 69.9 Å². The zero-order valence-electron chi connectivity index (χ0n) is 15.1. The Labute approximate surface area is 150 Å². The zero-order chi connectivity index (χ0) is 17.7. The lowest BCUT2D eigenvalue weighted by atomic mass is 9.80. The van der Waals surface area contributed by atoms with Crippen LogP contribution in [0.15, 0.2) is 24.3 Å². The van der Waals surface area contributed by atoms with Gasteiger partial charge in [0, 0.05) is 12.2 Å². The van der Waals surface area contributed by atoms with Crippen molar-refractivity contribution in [3.05, 3.63) is 29.8 Å². The number of carbonyl (C=O) groups is 2. The molecule has 2 fully saturated rings. The van der Waals surface area contributed by atoms with Gasteiger partial charge in [0.2, 0.25) is 11.8 Å². The molecular formula is C20H29N3O2. The minimum absolute atomic E-state index is 0.0326. The Morgan fingerprint density at radius 2 is 1.80 bits per heavy atom. The third kappa shape index (κ3) is 4.33. The molecule has 2 amide bonds. The molecule has 5 nitrogen and oxygen atoms in total. The highest BCUT2D eigenvalue weighted by atomic mass is 16.2. The van der Waals surface area contributed by atoms with Crippen LogP contribution in [0.25, 0.3) is 0 Å². The molecule has 1 aromatic carbocycles. The largest absolute Gasteiger partial charge is 0.371 e. The van der Waals surface area contributed by atoms with E-state index < -0.39 is 11.6 Å². The minimum atomic E-state index is -0.611. The molecule has 136 valence electrons. The maximum absolute atomic E-state index is 13.2. The second kappa shape index (κ2) is 7.89. The molecule has 3 N–H and O–H groups in total. The van der Waals surface area contributed by atoms with E-state index in [1.807, 2.05) is 12.1 Å². The van der Waals surface area contributed by atoms with Crippen LogP contribution in [0, 0.1) is 6.92 Å². The van der Waals surface area contributed by atoms with Gasteiger partial charge in [-0.25, -0.2) is 0 Å². The molecule has 0 bridgehead atoms. The molecule has 0 radical (unpaired) electrons. The maximum Gasteiger partial charge on any atom is 0.246 e. The van der Waals surface area contributed by atoms with E-state index in [2.05, 4.69) is 35.0 Å². The third-order valence-corrected chi connectivity index (χ3v) is 5.42. The number of hydrogen-bond acceptors (Lipinski definition) is 3. The van der Waals surface area contributed by atoms with E-state index in [0.29, 0.717) is 6.54 Å². The predicted molar refractivity (Wildman–Crippen MR) is 99.4 cm³/mol. The molecule has 0 aromatic heterocycles. The number of amides is 2. The van der Waals surface area contributed by atoms with Crippen LogP contribution in [0.5, 0.6) is 0 Å². The summed E-state index contributed by atoms with van der Waals surface area (Å²) in [6.07, 6.45) is 7.49. The topological polar surface area (TPSA) is 70.2 Å². The van der Waals surface area contributed by atoms with E-state index in [4.69, 9.17) is 0 Å². The molecule has 0 spiro atoms. The van der Waals surface area contributed by atoms with Gasteiger partial charge in [0.15, 0.2) is 0 Å². The van der Waals surface area contributed by atoms with Crippen molar-refractivity contribution < 1.29 is 9.59 Å². The molecule has 25 heavy (non-hydrogen) atoms. The second-order valence-corrected chi connectivity index (χ2v) is 7.45. The predicted octanol–water partition coefficient (Wildman–Crippen LogP) is 2.89. The molecule has 1 saturated carbocycles. The van der Waals surface area contributed by atoms with Crippen LogP contribution in [-0.2, 0) is 9.59 Å². The molecule has 2 aliphatic rings. The van der Waals surface area contributed by atoms with Gasteiger partial charge in [0.05, 0.1) is 0 Å². The summed E-state index contributed by atoms with van der Waals surface area (Å²) in [5, 5.41) is 9.43. The van der Waals surface area contributed by atoms with Gasteiger partial charge in [0.25, 0.3) is 0 Å². The molecule has 1 aromatic rings. The lowest BCUT2D eigenvalue weighted by Gasteiger charge is -2.38. The van der Waals surface area contributed by atoms with Gasteiger partial charge < -0.3 is 16.0 Å². The monoisotopic (exact) mass is 343 g/mol. The third-order valence-electron chi connectivity index (χ3n) is 5.42. The average Bonchev–Trinajstić information content (AvgIpc) is 2.82. The van der Waals surface area contributed by atoms with E-state index in [1.165, 1.54) is 5.56 Å². The minimum Gasteiger partial charge on any atom is -0.371 e. The fourth-order valence-electron chi connectivity index (χ4n) is 3.85. The Balaban J connectivity index is 1.75. The van der Waals surface area contributed by atoms with Crippen molar-refractivity contribution >= 4 is 17.5 Å². The summed E-state index contributed by atoms with van der Waals surface area (Å²) in [7, 11) is 0. The van der Waals surface area contributed by atoms with Gasteiger partial charge >= 0.3 is 0 Å². The van der Waals surface area contributed by atoms with E-state index in [0.717, 1.165) is 57.1 Å². The number of anilines is 1. The van der Waals surface area contributed by atoms with E-state index in [1.54, 1.807) is 0 Å². The van der Waals surface area contributed by atoms with Crippen LogP contribution in [0.2, 0.25) is 0 Å². The summed E-state index contributed by atoms with van der Waals surface area (Å²) < 4.78 is 0. The van der Waals surface area contributed by atoms with Gasteiger partial charge in [-0.15, -0.1) is 0 Å². The maximum atomic E-state index is 13.2. The normalized spacial score (nSPS) is 23.2. The Morgan fingerprint density at radius 3 is 2.52 bits per heavy atom. The molecule has 1 aliphatic carbocycles.